The largest absolute Gasteiger partial charge is 0.495 e. The first kappa shape index (κ1) is 22.1. The highest BCUT2D eigenvalue weighted by Gasteiger charge is 2.11. The number of benzene rings is 3. The molecule has 4 aromatic rings. The topological polar surface area (TPSA) is 44.1 Å². The number of rotatable bonds is 9. The highest BCUT2D eigenvalue weighted by molar-refractivity contribution is 6.32. The molecule has 0 aliphatic carbocycles. The molecule has 0 atom stereocenters. The number of carbonyl (C=O) groups is 1. The van der Waals surface area contributed by atoms with Gasteiger partial charge in [-0.15, -0.1) is 0 Å². The van der Waals surface area contributed by atoms with Gasteiger partial charge < -0.3 is 9.30 Å². The smallest absolute Gasteiger partial charge is 0.137 e. The Morgan fingerprint density at radius 1 is 0.938 bits per heavy atom. The van der Waals surface area contributed by atoms with Crippen LogP contribution in [0.4, 0.5) is 0 Å². The number of carbonyl (C=O) groups excluding carboxylic acids is 1. The van der Waals surface area contributed by atoms with Crippen molar-refractivity contribution in [3.05, 3.63) is 94.3 Å². The van der Waals surface area contributed by atoms with E-state index in [0.717, 1.165) is 53.8 Å². The van der Waals surface area contributed by atoms with Gasteiger partial charge in [0.2, 0.25) is 0 Å². The Balaban J connectivity index is 1.51. The van der Waals surface area contributed by atoms with Gasteiger partial charge in [-0.25, -0.2) is 4.98 Å². The number of ketones is 1. The van der Waals surface area contributed by atoms with Crippen LogP contribution in [0.15, 0.2) is 66.7 Å². The first-order chi connectivity index (χ1) is 15.5. The summed E-state index contributed by atoms with van der Waals surface area (Å²) in [5.74, 6) is 1.95. The predicted molar refractivity (Wildman–Crippen MR) is 130 cm³/mol. The summed E-state index contributed by atoms with van der Waals surface area (Å²) in [4.78, 5) is 16.2. The molecule has 3 aromatic carbocycles. The van der Waals surface area contributed by atoms with E-state index >= 15 is 0 Å². The van der Waals surface area contributed by atoms with E-state index in [0.29, 0.717) is 17.2 Å². The fourth-order valence-electron chi connectivity index (χ4n) is 4.04. The predicted octanol–water partition coefficient (Wildman–Crippen LogP) is 5.86. The van der Waals surface area contributed by atoms with Gasteiger partial charge in [-0.1, -0.05) is 54.1 Å². The molecule has 0 radical (unpaired) electrons. The lowest BCUT2D eigenvalue weighted by atomic mass is 10.1. The molecule has 0 saturated carbocycles. The van der Waals surface area contributed by atoms with E-state index < -0.39 is 0 Å². The zero-order valence-electron chi connectivity index (χ0n) is 18.5. The van der Waals surface area contributed by atoms with E-state index in [2.05, 4.69) is 53.1 Å². The number of ether oxygens (including phenoxy) is 1. The molecule has 0 unspecified atom stereocenters. The third-order valence-electron chi connectivity index (χ3n) is 5.69. The second kappa shape index (κ2) is 10.0. The Bertz CT molecular complexity index is 1230. The SMILES string of the molecule is COc1ccc(CCc2nc3ccccc3n2CCc2ccc(CC(C)=O)cc2)cc1Cl. The minimum atomic E-state index is 0.186. The zero-order chi connectivity index (χ0) is 22.5. The monoisotopic (exact) mass is 446 g/mol. The number of fused-ring (bicyclic) bond motifs is 1. The van der Waals surface area contributed by atoms with Crippen LogP contribution >= 0.6 is 11.6 Å². The third-order valence-corrected chi connectivity index (χ3v) is 5.98. The van der Waals surface area contributed by atoms with Gasteiger partial charge >= 0.3 is 0 Å². The number of nitrogens with zero attached hydrogens (tertiary/aromatic N) is 2. The van der Waals surface area contributed by atoms with Gasteiger partial charge in [0.1, 0.15) is 17.4 Å². The summed E-state index contributed by atoms with van der Waals surface area (Å²) >= 11 is 6.30. The molecule has 0 N–H and O–H groups in total. The average molecular weight is 447 g/mol. The highest BCUT2D eigenvalue weighted by Crippen LogP contribution is 2.26. The van der Waals surface area contributed by atoms with E-state index in [1.54, 1.807) is 14.0 Å². The Kier molecular flexibility index (Phi) is 6.91. The van der Waals surface area contributed by atoms with Crippen LogP contribution in [0.25, 0.3) is 11.0 Å². The molecule has 0 aliphatic rings. The second-order valence-electron chi connectivity index (χ2n) is 8.08. The quantitative estimate of drug-likeness (QED) is 0.323. The normalized spacial score (nSPS) is 11.1. The number of imidazole rings is 1. The summed E-state index contributed by atoms with van der Waals surface area (Å²) in [5, 5.41) is 0.631. The molecule has 4 rings (SSSR count). The Hall–Kier alpha value is -3.11. The summed E-state index contributed by atoms with van der Waals surface area (Å²) in [6.45, 7) is 2.48. The van der Waals surface area contributed by atoms with Crippen LogP contribution in [0.3, 0.4) is 0 Å². The second-order valence-corrected chi connectivity index (χ2v) is 8.49. The van der Waals surface area contributed by atoms with Crippen molar-refractivity contribution < 1.29 is 9.53 Å². The van der Waals surface area contributed by atoms with E-state index in [1.165, 1.54) is 5.56 Å². The summed E-state index contributed by atoms with van der Waals surface area (Å²) in [6, 6.07) is 22.6. The lowest BCUT2D eigenvalue weighted by Gasteiger charge is -2.11. The van der Waals surface area contributed by atoms with Crippen LogP contribution < -0.4 is 4.74 Å². The molecule has 164 valence electrons. The van der Waals surface area contributed by atoms with Crippen molar-refractivity contribution >= 4 is 28.4 Å². The molecule has 0 saturated heterocycles. The van der Waals surface area contributed by atoms with Crippen molar-refractivity contribution in [3.8, 4) is 5.75 Å². The molecule has 0 amide bonds. The maximum Gasteiger partial charge on any atom is 0.137 e. The van der Waals surface area contributed by atoms with E-state index in [4.69, 9.17) is 21.3 Å². The number of aromatic nitrogens is 2. The molecule has 32 heavy (non-hydrogen) atoms. The lowest BCUT2D eigenvalue weighted by molar-refractivity contribution is -0.116. The van der Waals surface area contributed by atoms with E-state index in [9.17, 15) is 4.79 Å². The third kappa shape index (κ3) is 5.20. The van der Waals surface area contributed by atoms with Gasteiger partial charge in [-0.2, -0.15) is 0 Å². The molecule has 0 bridgehead atoms. The summed E-state index contributed by atoms with van der Waals surface area (Å²) < 4.78 is 7.58. The van der Waals surface area contributed by atoms with E-state index in [-0.39, 0.29) is 5.78 Å². The Morgan fingerprint density at radius 2 is 1.66 bits per heavy atom. The minimum absolute atomic E-state index is 0.186. The van der Waals surface area contributed by atoms with Crippen molar-refractivity contribution in [2.24, 2.45) is 0 Å². The first-order valence-corrected chi connectivity index (χ1v) is 11.2. The van der Waals surface area contributed by atoms with Crippen LogP contribution in [0.2, 0.25) is 5.02 Å². The molecule has 1 heterocycles. The number of aryl methyl sites for hydroxylation is 4. The van der Waals surface area contributed by atoms with Gasteiger partial charge in [-0.3, -0.25) is 4.79 Å². The molecular formula is C27H27ClN2O2. The van der Waals surface area contributed by atoms with Crippen molar-refractivity contribution in [3.63, 3.8) is 0 Å². The molecule has 4 nitrogen and oxygen atoms in total. The number of hydrogen-bond acceptors (Lipinski definition) is 3. The molecule has 0 spiro atoms. The fraction of sp³-hybridized carbons (Fsp3) is 0.259. The lowest BCUT2D eigenvalue weighted by Crippen LogP contribution is -2.08. The van der Waals surface area contributed by atoms with Crippen LogP contribution in [-0.2, 0) is 37.0 Å². The Labute approximate surface area is 193 Å². The number of methoxy groups -OCH3 is 1. The van der Waals surface area contributed by atoms with Crippen LogP contribution in [0, 0.1) is 0 Å². The number of Topliss-reactive ketones (excluding diaryl/α,β-unsaturated/α-hetero) is 1. The van der Waals surface area contributed by atoms with Crippen molar-refractivity contribution in [2.45, 2.75) is 39.2 Å². The van der Waals surface area contributed by atoms with Crippen molar-refractivity contribution in [1.82, 2.24) is 9.55 Å². The molecule has 0 aliphatic heterocycles. The first-order valence-electron chi connectivity index (χ1n) is 10.9. The van der Waals surface area contributed by atoms with Gasteiger partial charge in [-0.05, 0) is 60.7 Å². The zero-order valence-corrected chi connectivity index (χ0v) is 19.2. The van der Waals surface area contributed by atoms with Crippen molar-refractivity contribution in [1.29, 1.82) is 0 Å². The Morgan fingerprint density at radius 3 is 2.38 bits per heavy atom. The molecule has 1 aromatic heterocycles. The summed E-state index contributed by atoms with van der Waals surface area (Å²) in [6.07, 6.45) is 3.08. The number of halogens is 1. The molecule has 5 heteroatoms. The average Bonchev–Trinajstić information content (AvgIpc) is 3.14. The number of para-hydroxylation sites is 2. The van der Waals surface area contributed by atoms with E-state index in [1.807, 2.05) is 18.2 Å². The summed E-state index contributed by atoms with van der Waals surface area (Å²) in [7, 11) is 1.63. The standard InChI is InChI=1S/C27H27ClN2O2/c1-19(31)17-21-9-7-20(8-10-21)15-16-30-25-6-4-3-5-24(25)29-27(30)14-12-22-11-13-26(32-2)23(28)18-22/h3-11,13,18H,12,14-17H2,1-2H3. The van der Waals surface area contributed by atoms with Crippen molar-refractivity contribution in [2.75, 3.05) is 7.11 Å². The molecular weight excluding hydrogens is 420 g/mol. The molecule has 0 fully saturated rings. The van der Waals surface area contributed by atoms with Gasteiger partial charge in [0.25, 0.3) is 0 Å². The van der Waals surface area contributed by atoms with Crippen LogP contribution in [-0.4, -0.2) is 22.4 Å². The maximum atomic E-state index is 11.3. The van der Waals surface area contributed by atoms with Gasteiger partial charge in [0.05, 0.1) is 23.2 Å². The minimum Gasteiger partial charge on any atom is -0.495 e. The highest BCUT2D eigenvalue weighted by atomic mass is 35.5. The van der Waals surface area contributed by atoms with Crippen LogP contribution in [0.5, 0.6) is 5.75 Å². The van der Waals surface area contributed by atoms with Gasteiger partial charge in [0, 0.05) is 19.4 Å². The number of hydrogen-bond donors (Lipinski definition) is 0. The maximum absolute atomic E-state index is 11.3. The fourth-order valence-corrected chi connectivity index (χ4v) is 4.32. The summed E-state index contributed by atoms with van der Waals surface area (Å²) in [5.41, 5.74) is 5.65. The van der Waals surface area contributed by atoms with Gasteiger partial charge in [0.15, 0.2) is 0 Å². The van der Waals surface area contributed by atoms with Crippen LogP contribution in [0.1, 0.15) is 29.4 Å².